The molecule has 0 saturated heterocycles. The zero-order chi connectivity index (χ0) is 18.8. The van der Waals surface area contributed by atoms with Gasteiger partial charge >= 0.3 is 6.03 Å². The second-order valence-corrected chi connectivity index (χ2v) is 6.89. The maximum Gasteiger partial charge on any atom is 0.323 e. The van der Waals surface area contributed by atoms with E-state index < -0.39 is 0 Å². The van der Waals surface area contributed by atoms with E-state index in [1.165, 1.54) is 0 Å². The van der Waals surface area contributed by atoms with Crippen LogP contribution < -0.4 is 15.4 Å². The molecule has 1 atom stereocenters. The van der Waals surface area contributed by atoms with E-state index >= 15 is 0 Å². The standard InChI is InChI=1S/C20H19ClN4O2/c1-12-2-3-14(9-17(12)21)25-20(26)24-13-4-5-19-16(8-13)15(6-7-27-19)18-10-22-11-23-18/h2-5,8-11,15H,6-7H2,1H3,(H,22,23)(H2,24,25,26). The number of amides is 2. The highest BCUT2D eigenvalue weighted by atomic mass is 35.5. The van der Waals surface area contributed by atoms with Crippen LogP contribution in [0.5, 0.6) is 5.75 Å². The molecule has 0 spiro atoms. The quantitative estimate of drug-likeness (QED) is 0.600. The number of carbonyl (C=O) groups is 1. The van der Waals surface area contributed by atoms with E-state index in [0.29, 0.717) is 23.0 Å². The molecule has 2 amide bonds. The number of H-pyrrole nitrogens is 1. The fraction of sp³-hybridized carbons (Fsp3) is 0.200. The molecule has 1 aliphatic heterocycles. The Hall–Kier alpha value is -2.99. The maximum absolute atomic E-state index is 12.3. The number of ether oxygens (including phenoxy) is 1. The number of halogens is 1. The minimum atomic E-state index is -0.331. The first-order valence-electron chi connectivity index (χ1n) is 8.70. The fourth-order valence-electron chi connectivity index (χ4n) is 3.21. The Bertz CT molecular complexity index is 972. The summed E-state index contributed by atoms with van der Waals surface area (Å²) in [6, 6.07) is 10.7. The van der Waals surface area contributed by atoms with E-state index in [4.69, 9.17) is 16.3 Å². The minimum absolute atomic E-state index is 0.140. The van der Waals surface area contributed by atoms with Crippen molar-refractivity contribution >= 4 is 29.0 Å². The number of fused-ring (bicyclic) bond motifs is 1. The van der Waals surface area contributed by atoms with Crippen molar-refractivity contribution in [2.75, 3.05) is 17.2 Å². The Morgan fingerprint density at radius 1 is 1.22 bits per heavy atom. The molecular formula is C20H19ClN4O2. The van der Waals surface area contributed by atoms with Crippen molar-refractivity contribution in [3.05, 3.63) is 70.8 Å². The largest absolute Gasteiger partial charge is 0.493 e. The normalized spacial score (nSPS) is 15.6. The number of aryl methyl sites for hydroxylation is 1. The second kappa shape index (κ2) is 7.32. The number of imidazole rings is 1. The monoisotopic (exact) mass is 382 g/mol. The Morgan fingerprint density at radius 3 is 2.74 bits per heavy atom. The van der Waals surface area contributed by atoms with Gasteiger partial charge < -0.3 is 20.4 Å². The lowest BCUT2D eigenvalue weighted by molar-refractivity contribution is 0.262. The molecule has 3 aromatic rings. The van der Waals surface area contributed by atoms with Crippen molar-refractivity contribution in [2.45, 2.75) is 19.3 Å². The van der Waals surface area contributed by atoms with Crippen molar-refractivity contribution in [1.82, 2.24) is 9.97 Å². The van der Waals surface area contributed by atoms with Gasteiger partial charge in [0.25, 0.3) is 0 Å². The number of rotatable bonds is 3. The second-order valence-electron chi connectivity index (χ2n) is 6.48. The lowest BCUT2D eigenvalue weighted by Crippen LogP contribution is -2.20. The van der Waals surface area contributed by atoms with Crippen molar-refractivity contribution in [3.8, 4) is 5.75 Å². The highest BCUT2D eigenvalue weighted by Gasteiger charge is 2.25. The zero-order valence-electron chi connectivity index (χ0n) is 14.8. The van der Waals surface area contributed by atoms with Gasteiger partial charge in [-0.25, -0.2) is 9.78 Å². The number of carbonyl (C=O) groups excluding carboxylic acids is 1. The van der Waals surface area contributed by atoms with E-state index in [0.717, 1.165) is 29.0 Å². The SMILES string of the molecule is Cc1ccc(NC(=O)Nc2ccc3c(c2)C(c2c[nH]cn2)CCO3)cc1Cl. The molecular weight excluding hydrogens is 364 g/mol. The summed E-state index contributed by atoms with van der Waals surface area (Å²) in [5.41, 5.74) is 4.27. The van der Waals surface area contributed by atoms with Crippen LogP contribution >= 0.6 is 11.6 Å². The van der Waals surface area contributed by atoms with E-state index in [9.17, 15) is 4.79 Å². The van der Waals surface area contributed by atoms with Crippen LogP contribution in [0.3, 0.4) is 0 Å². The summed E-state index contributed by atoms with van der Waals surface area (Å²) in [5.74, 6) is 0.964. The van der Waals surface area contributed by atoms with Gasteiger partial charge in [-0.15, -0.1) is 0 Å². The van der Waals surface area contributed by atoms with Crippen LogP contribution in [-0.2, 0) is 0 Å². The van der Waals surface area contributed by atoms with E-state index in [1.54, 1.807) is 12.4 Å². The molecule has 1 unspecified atom stereocenters. The zero-order valence-corrected chi connectivity index (χ0v) is 15.5. The lowest BCUT2D eigenvalue weighted by Gasteiger charge is -2.25. The molecule has 0 fully saturated rings. The van der Waals surface area contributed by atoms with Crippen LogP contribution in [0.2, 0.25) is 5.02 Å². The molecule has 0 aliphatic carbocycles. The molecule has 4 rings (SSSR count). The lowest BCUT2D eigenvalue weighted by atomic mass is 9.90. The number of urea groups is 1. The summed E-state index contributed by atoms with van der Waals surface area (Å²) < 4.78 is 5.75. The molecule has 2 heterocycles. The maximum atomic E-state index is 12.3. The number of benzene rings is 2. The Morgan fingerprint density at radius 2 is 2.00 bits per heavy atom. The average Bonchev–Trinajstić information content (AvgIpc) is 3.19. The van der Waals surface area contributed by atoms with Crippen molar-refractivity contribution < 1.29 is 9.53 Å². The fourth-order valence-corrected chi connectivity index (χ4v) is 3.39. The third kappa shape index (κ3) is 3.75. The third-order valence-corrected chi connectivity index (χ3v) is 5.02. The topological polar surface area (TPSA) is 79.0 Å². The van der Waals surface area contributed by atoms with Gasteiger partial charge in [-0.3, -0.25) is 0 Å². The highest BCUT2D eigenvalue weighted by molar-refractivity contribution is 6.31. The first-order chi connectivity index (χ1) is 13.1. The summed E-state index contributed by atoms with van der Waals surface area (Å²) in [6.45, 7) is 2.56. The number of nitrogens with one attached hydrogen (secondary N) is 3. The van der Waals surface area contributed by atoms with Gasteiger partial charge in [0.05, 0.1) is 18.6 Å². The smallest absolute Gasteiger partial charge is 0.323 e. The Labute approximate surface area is 161 Å². The van der Waals surface area contributed by atoms with Gasteiger partial charge in [0.15, 0.2) is 0 Å². The summed E-state index contributed by atoms with van der Waals surface area (Å²) >= 11 is 6.11. The summed E-state index contributed by atoms with van der Waals surface area (Å²) in [4.78, 5) is 19.7. The Kier molecular flexibility index (Phi) is 4.73. The molecule has 7 heteroatoms. The molecule has 0 bridgehead atoms. The Balaban J connectivity index is 1.52. The van der Waals surface area contributed by atoms with Crippen LogP contribution in [0.15, 0.2) is 48.9 Å². The van der Waals surface area contributed by atoms with Crippen LogP contribution in [0.4, 0.5) is 16.2 Å². The number of aromatic amines is 1. The molecule has 3 N–H and O–H groups in total. The van der Waals surface area contributed by atoms with Crippen LogP contribution in [-0.4, -0.2) is 22.6 Å². The van der Waals surface area contributed by atoms with Crippen molar-refractivity contribution in [3.63, 3.8) is 0 Å². The van der Waals surface area contributed by atoms with Crippen LogP contribution in [0, 0.1) is 6.92 Å². The van der Waals surface area contributed by atoms with Crippen molar-refractivity contribution in [1.29, 1.82) is 0 Å². The predicted molar refractivity (Wildman–Crippen MR) is 106 cm³/mol. The minimum Gasteiger partial charge on any atom is -0.493 e. The van der Waals surface area contributed by atoms with Gasteiger partial charge in [-0.05, 0) is 49.2 Å². The molecule has 2 aromatic carbocycles. The molecule has 1 aromatic heterocycles. The number of nitrogens with zero attached hydrogens (tertiary/aromatic N) is 1. The molecule has 27 heavy (non-hydrogen) atoms. The highest BCUT2D eigenvalue weighted by Crippen LogP contribution is 2.38. The summed E-state index contributed by atoms with van der Waals surface area (Å²) in [5, 5.41) is 6.27. The van der Waals surface area contributed by atoms with Gasteiger partial charge in [-0.1, -0.05) is 17.7 Å². The molecule has 0 saturated carbocycles. The van der Waals surface area contributed by atoms with Crippen LogP contribution in [0.1, 0.15) is 29.2 Å². The van der Waals surface area contributed by atoms with Gasteiger partial charge in [0.1, 0.15) is 5.75 Å². The van der Waals surface area contributed by atoms with Crippen molar-refractivity contribution in [2.24, 2.45) is 0 Å². The summed E-state index contributed by atoms with van der Waals surface area (Å²) in [7, 11) is 0. The van der Waals surface area contributed by atoms with Crippen LogP contribution in [0.25, 0.3) is 0 Å². The van der Waals surface area contributed by atoms with E-state index in [1.807, 2.05) is 43.5 Å². The molecule has 138 valence electrons. The van der Waals surface area contributed by atoms with Gasteiger partial charge in [0.2, 0.25) is 0 Å². The van der Waals surface area contributed by atoms with E-state index in [-0.39, 0.29) is 11.9 Å². The van der Waals surface area contributed by atoms with E-state index in [2.05, 4.69) is 20.6 Å². The number of aromatic nitrogens is 2. The average molecular weight is 383 g/mol. The molecule has 1 aliphatic rings. The first kappa shape index (κ1) is 17.4. The number of hydrogen-bond acceptors (Lipinski definition) is 3. The summed E-state index contributed by atoms with van der Waals surface area (Å²) in [6.07, 6.45) is 4.41. The molecule has 6 nitrogen and oxygen atoms in total. The third-order valence-electron chi connectivity index (χ3n) is 4.61. The molecule has 0 radical (unpaired) electrons. The predicted octanol–water partition coefficient (Wildman–Crippen LogP) is 4.93. The number of anilines is 2. The van der Waals surface area contributed by atoms with Gasteiger partial charge in [0, 0.05) is 34.1 Å². The first-order valence-corrected chi connectivity index (χ1v) is 9.07. The number of hydrogen-bond donors (Lipinski definition) is 3. The van der Waals surface area contributed by atoms with Gasteiger partial charge in [-0.2, -0.15) is 0 Å².